The molecule has 1 aromatic heterocycles. The highest BCUT2D eigenvalue weighted by Crippen LogP contribution is 2.24. The number of hydrogen-bond donors (Lipinski definition) is 1. The van der Waals surface area contributed by atoms with Gasteiger partial charge in [0.05, 0.1) is 0 Å². The second kappa shape index (κ2) is 8.51. The van der Waals surface area contributed by atoms with Crippen molar-refractivity contribution in [3.05, 3.63) is 70.1 Å². The van der Waals surface area contributed by atoms with Gasteiger partial charge < -0.3 is 19.2 Å². The molecular formula is C20H15F2NO6. The number of alkyl halides is 2. The number of hydrogen-bond acceptors (Lipinski definition) is 6. The fourth-order valence-corrected chi connectivity index (χ4v) is 2.69. The maximum absolute atomic E-state index is 12.5. The summed E-state index contributed by atoms with van der Waals surface area (Å²) < 4.78 is 39.6. The summed E-state index contributed by atoms with van der Waals surface area (Å²) in [7, 11) is 0. The predicted octanol–water partition coefficient (Wildman–Crippen LogP) is 3.71. The van der Waals surface area contributed by atoms with Crippen LogP contribution in [-0.2, 0) is 16.1 Å². The van der Waals surface area contributed by atoms with Gasteiger partial charge in [-0.15, -0.1) is 0 Å². The van der Waals surface area contributed by atoms with Crippen molar-refractivity contribution in [2.45, 2.75) is 20.1 Å². The van der Waals surface area contributed by atoms with E-state index in [0.29, 0.717) is 16.6 Å². The fourth-order valence-electron chi connectivity index (χ4n) is 2.69. The molecule has 0 unspecified atom stereocenters. The van der Waals surface area contributed by atoms with Gasteiger partial charge in [0.25, 0.3) is 0 Å². The maximum Gasteiger partial charge on any atom is 0.387 e. The topological polar surface area (TPSA) is 94.8 Å². The van der Waals surface area contributed by atoms with E-state index in [1.807, 2.05) is 0 Å². The lowest BCUT2D eigenvalue weighted by molar-refractivity contribution is -0.114. The molecule has 0 radical (unpaired) electrons. The molecule has 9 heteroatoms. The zero-order valence-corrected chi connectivity index (χ0v) is 15.1. The van der Waals surface area contributed by atoms with Gasteiger partial charge in [-0.1, -0.05) is 12.1 Å². The number of ether oxygens (including phenoxy) is 2. The smallest absolute Gasteiger partial charge is 0.387 e. The molecule has 3 aromatic rings. The average Bonchev–Trinajstić information content (AvgIpc) is 2.65. The normalized spacial score (nSPS) is 10.8. The van der Waals surface area contributed by atoms with Crippen LogP contribution in [0.15, 0.2) is 57.7 Å². The lowest BCUT2D eigenvalue weighted by Gasteiger charge is -2.11. The molecule has 0 aliphatic rings. The quantitative estimate of drug-likeness (QED) is 0.498. The van der Waals surface area contributed by atoms with Gasteiger partial charge in [-0.25, -0.2) is 9.59 Å². The summed E-state index contributed by atoms with van der Waals surface area (Å²) in [6.45, 7) is -2.06. The van der Waals surface area contributed by atoms with E-state index < -0.39 is 18.2 Å². The van der Waals surface area contributed by atoms with Crippen molar-refractivity contribution < 1.29 is 32.3 Å². The lowest BCUT2D eigenvalue weighted by Crippen LogP contribution is -2.11. The van der Waals surface area contributed by atoms with Crippen LogP contribution in [0.3, 0.4) is 0 Å². The minimum Gasteiger partial charge on any atom is -0.457 e. The molecule has 0 spiro atoms. The Labute approximate surface area is 162 Å². The van der Waals surface area contributed by atoms with E-state index in [2.05, 4.69) is 10.1 Å². The van der Waals surface area contributed by atoms with Gasteiger partial charge >= 0.3 is 18.2 Å². The monoisotopic (exact) mass is 403 g/mol. The van der Waals surface area contributed by atoms with Crippen LogP contribution in [0.5, 0.6) is 5.75 Å². The van der Waals surface area contributed by atoms with Gasteiger partial charge in [0.2, 0.25) is 5.91 Å². The van der Waals surface area contributed by atoms with E-state index >= 15 is 0 Å². The van der Waals surface area contributed by atoms with Gasteiger partial charge in [0, 0.05) is 35.7 Å². The molecule has 0 fully saturated rings. The van der Waals surface area contributed by atoms with Gasteiger partial charge in [0.1, 0.15) is 23.5 Å². The SMILES string of the molecule is CC(=O)Nc1ccc2c(COC(=O)c3ccccc3OC(F)F)cc(=O)oc2c1. The van der Waals surface area contributed by atoms with E-state index in [-0.39, 0.29) is 29.4 Å². The Morgan fingerprint density at radius 1 is 1.14 bits per heavy atom. The fraction of sp³-hybridized carbons (Fsp3) is 0.150. The molecular weight excluding hydrogens is 388 g/mol. The number of nitrogens with one attached hydrogen (secondary N) is 1. The molecule has 2 aromatic carbocycles. The Bertz CT molecular complexity index is 1130. The number of carbonyl (C=O) groups is 2. The molecule has 0 aliphatic heterocycles. The zero-order chi connectivity index (χ0) is 21.0. The summed E-state index contributed by atoms with van der Waals surface area (Å²) in [5.74, 6) is -1.50. The molecule has 1 amide bonds. The maximum atomic E-state index is 12.5. The third-order valence-corrected chi connectivity index (χ3v) is 3.83. The number of rotatable bonds is 6. The summed E-state index contributed by atoms with van der Waals surface area (Å²) in [5.41, 5.74) is 0.126. The first-order chi connectivity index (χ1) is 13.8. The van der Waals surface area contributed by atoms with Gasteiger partial charge in [-0.3, -0.25) is 4.79 Å². The van der Waals surface area contributed by atoms with Gasteiger partial charge in [0.15, 0.2) is 0 Å². The van der Waals surface area contributed by atoms with Gasteiger partial charge in [-0.2, -0.15) is 8.78 Å². The van der Waals surface area contributed by atoms with E-state index in [1.165, 1.54) is 37.3 Å². The van der Waals surface area contributed by atoms with Crippen LogP contribution in [-0.4, -0.2) is 18.5 Å². The zero-order valence-electron chi connectivity index (χ0n) is 15.1. The Morgan fingerprint density at radius 3 is 2.62 bits per heavy atom. The first-order valence-electron chi connectivity index (χ1n) is 8.39. The molecule has 0 bridgehead atoms. The number of halogens is 2. The third-order valence-electron chi connectivity index (χ3n) is 3.83. The highest BCUT2D eigenvalue weighted by Gasteiger charge is 2.17. The van der Waals surface area contributed by atoms with Crippen LogP contribution in [0.4, 0.5) is 14.5 Å². The molecule has 1 N–H and O–H groups in total. The number of anilines is 1. The molecule has 0 saturated heterocycles. The lowest BCUT2D eigenvalue weighted by atomic mass is 10.1. The van der Waals surface area contributed by atoms with Crippen LogP contribution in [0.25, 0.3) is 11.0 Å². The van der Waals surface area contributed by atoms with Crippen molar-refractivity contribution in [2.24, 2.45) is 0 Å². The summed E-state index contributed by atoms with van der Waals surface area (Å²) in [4.78, 5) is 35.3. The van der Waals surface area contributed by atoms with Crippen molar-refractivity contribution in [1.82, 2.24) is 0 Å². The van der Waals surface area contributed by atoms with Crippen LogP contribution in [0.2, 0.25) is 0 Å². The minimum atomic E-state index is -3.09. The van der Waals surface area contributed by atoms with Crippen molar-refractivity contribution in [3.63, 3.8) is 0 Å². The number of fused-ring (bicyclic) bond motifs is 1. The number of para-hydroxylation sites is 1. The molecule has 1 heterocycles. The molecule has 3 rings (SSSR count). The minimum absolute atomic E-state index is 0.173. The number of esters is 1. The van der Waals surface area contributed by atoms with Crippen molar-refractivity contribution in [1.29, 1.82) is 0 Å². The Balaban J connectivity index is 1.84. The average molecular weight is 403 g/mol. The molecule has 29 heavy (non-hydrogen) atoms. The number of carbonyl (C=O) groups excluding carboxylic acids is 2. The van der Waals surface area contributed by atoms with Crippen LogP contribution in [0, 0.1) is 0 Å². The number of amides is 1. The first-order valence-corrected chi connectivity index (χ1v) is 8.39. The van der Waals surface area contributed by atoms with E-state index in [9.17, 15) is 23.2 Å². The highest BCUT2D eigenvalue weighted by atomic mass is 19.3. The summed E-state index contributed by atoms with van der Waals surface area (Å²) >= 11 is 0. The van der Waals surface area contributed by atoms with Gasteiger partial charge in [-0.05, 0) is 24.3 Å². The molecule has 7 nitrogen and oxygen atoms in total. The first kappa shape index (κ1) is 20.0. The van der Waals surface area contributed by atoms with Crippen molar-refractivity contribution in [3.8, 4) is 5.75 Å². The molecule has 0 atom stereocenters. The Morgan fingerprint density at radius 2 is 1.90 bits per heavy atom. The van der Waals surface area contributed by atoms with Crippen molar-refractivity contribution >= 4 is 28.5 Å². The molecule has 150 valence electrons. The largest absolute Gasteiger partial charge is 0.457 e. The predicted molar refractivity (Wildman–Crippen MR) is 99.0 cm³/mol. The summed E-state index contributed by atoms with van der Waals surface area (Å²) in [6.07, 6.45) is 0. The highest BCUT2D eigenvalue weighted by molar-refractivity contribution is 5.93. The summed E-state index contributed by atoms with van der Waals surface area (Å²) in [6, 6.07) is 11.3. The molecule has 0 saturated carbocycles. The van der Waals surface area contributed by atoms with Crippen LogP contribution in [0.1, 0.15) is 22.8 Å². The van der Waals surface area contributed by atoms with E-state index in [1.54, 1.807) is 12.1 Å². The second-order valence-electron chi connectivity index (χ2n) is 5.93. The van der Waals surface area contributed by atoms with E-state index in [0.717, 1.165) is 6.07 Å². The Hall–Kier alpha value is -3.75. The third kappa shape index (κ3) is 4.95. The second-order valence-corrected chi connectivity index (χ2v) is 5.93. The molecule has 0 aliphatic carbocycles. The standard InChI is InChI=1S/C20H15F2NO6/c1-11(24)23-13-6-7-14-12(8-18(25)28-17(14)9-13)10-27-19(26)15-4-2-3-5-16(15)29-20(21)22/h2-9,20H,10H2,1H3,(H,23,24). The van der Waals surface area contributed by atoms with Crippen LogP contribution < -0.4 is 15.7 Å². The van der Waals surface area contributed by atoms with Crippen LogP contribution >= 0.6 is 0 Å². The number of benzene rings is 2. The summed E-state index contributed by atoms with van der Waals surface area (Å²) in [5, 5.41) is 3.06. The Kier molecular flexibility index (Phi) is 5.87. The van der Waals surface area contributed by atoms with Crippen molar-refractivity contribution in [2.75, 3.05) is 5.32 Å². The van der Waals surface area contributed by atoms with E-state index in [4.69, 9.17) is 9.15 Å².